The van der Waals surface area contributed by atoms with E-state index in [2.05, 4.69) is 5.32 Å². The van der Waals surface area contributed by atoms with Gasteiger partial charge in [-0.3, -0.25) is 4.79 Å². The first-order chi connectivity index (χ1) is 14.2. The quantitative estimate of drug-likeness (QED) is 0.661. The van der Waals surface area contributed by atoms with Gasteiger partial charge in [0.1, 0.15) is 5.75 Å². The number of amides is 1. The van der Waals surface area contributed by atoms with Crippen molar-refractivity contribution in [2.24, 2.45) is 5.92 Å². The van der Waals surface area contributed by atoms with Crippen molar-refractivity contribution in [3.8, 4) is 5.75 Å². The first-order valence-corrected chi connectivity index (χ1v) is 11.9. The Morgan fingerprint density at radius 3 is 2.73 bits per heavy atom. The summed E-state index contributed by atoms with van der Waals surface area (Å²) in [5.41, 5.74) is 1.16. The average Bonchev–Trinajstić information content (AvgIpc) is 2.73. The fourth-order valence-corrected chi connectivity index (χ4v) is 5.42. The highest BCUT2D eigenvalue weighted by Crippen LogP contribution is 2.31. The molecule has 0 bridgehead atoms. The van der Waals surface area contributed by atoms with Gasteiger partial charge < -0.3 is 10.1 Å². The molecular formula is C21H24Cl2N2O4S. The van der Waals surface area contributed by atoms with E-state index in [4.69, 9.17) is 27.9 Å². The maximum atomic E-state index is 13.1. The van der Waals surface area contributed by atoms with Crippen LogP contribution in [0.5, 0.6) is 5.75 Å². The van der Waals surface area contributed by atoms with Gasteiger partial charge in [-0.1, -0.05) is 29.3 Å². The fraction of sp³-hybridized carbons (Fsp3) is 0.381. The van der Waals surface area contributed by atoms with E-state index < -0.39 is 15.9 Å². The third kappa shape index (κ3) is 4.91. The van der Waals surface area contributed by atoms with Crippen molar-refractivity contribution in [3.63, 3.8) is 0 Å². The van der Waals surface area contributed by atoms with Gasteiger partial charge >= 0.3 is 0 Å². The van der Waals surface area contributed by atoms with Crippen LogP contribution >= 0.6 is 23.2 Å². The molecule has 6 nitrogen and oxygen atoms in total. The zero-order valence-electron chi connectivity index (χ0n) is 16.8. The van der Waals surface area contributed by atoms with Gasteiger partial charge in [-0.2, -0.15) is 4.31 Å². The summed E-state index contributed by atoms with van der Waals surface area (Å²) in [5, 5.41) is 3.37. The van der Waals surface area contributed by atoms with Gasteiger partial charge in [-0.15, -0.1) is 0 Å². The summed E-state index contributed by atoms with van der Waals surface area (Å²) in [5.74, 6) is -0.0972. The number of sulfonamides is 1. The number of nitrogens with zero attached hydrogens (tertiary/aromatic N) is 1. The Morgan fingerprint density at radius 1 is 1.27 bits per heavy atom. The first-order valence-electron chi connectivity index (χ1n) is 9.72. The summed E-state index contributed by atoms with van der Waals surface area (Å²) in [6, 6.07) is 9.80. The molecule has 1 aliphatic rings. The largest absolute Gasteiger partial charge is 0.494 e. The van der Waals surface area contributed by atoms with E-state index >= 15 is 0 Å². The summed E-state index contributed by atoms with van der Waals surface area (Å²) in [4.78, 5) is 13.0. The van der Waals surface area contributed by atoms with Crippen LogP contribution in [0.15, 0.2) is 41.3 Å². The molecular weight excluding hydrogens is 447 g/mol. The number of carbonyl (C=O) groups is 1. The Labute approximate surface area is 187 Å². The van der Waals surface area contributed by atoms with Crippen LogP contribution in [0.25, 0.3) is 0 Å². The lowest BCUT2D eigenvalue weighted by Gasteiger charge is -2.31. The minimum atomic E-state index is -3.72. The number of carbonyl (C=O) groups excluding carboxylic acids is 1. The lowest BCUT2D eigenvalue weighted by Crippen LogP contribution is -2.43. The second-order valence-corrected chi connectivity index (χ2v) is 9.88. The first kappa shape index (κ1) is 22.9. The minimum absolute atomic E-state index is 0.110. The van der Waals surface area contributed by atoms with Gasteiger partial charge in [0.15, 0.2) is 0 Å². The Balaban J connectivity index is 1.75. The van der Waals surface area contributed by atoms with Crippen molar-refractivity contribution >= 4 is 44.8 Å². The maximum Gasteiger partial charge on any atom is 0.243 e. The average molecular weight is 471 g/mol. The van der Waals surface area contributed by atoms with Crippen LogP contribution in [-0.4, -0.2) is 38.3 Å². The van der Waals surface area contributed by atoms with E-state index in [-0.39, 0.29) is 22.4 Å². The standard InChI is InChI=1S/C21H24Cl2N2O4S/c1-3-29-19-10-9-16(12-14(19)2)30(27,28)25-11-5-6-15(13-25)21(26)24-18-8-4-7-17(22)20(18)23/h4,7-10,12,15H,3,5-6,11,13H2,1-2H3,(H,24,26)/t15-/m0/s1. The predicted octanol–water partition coefficient (Wildman–Crippen LogP) is 4.74. The smallest absolute Gasteiger partial charge is 0.243 e. The SMILES string of the molecule is CCOc1ccc(S(=O)(=O)N2CCC[C@H](C(=O)Nc3cccc(Cl)c3Cl)C2)cc1C. The van der Waals surface area contributed by atoms with Crippen LogP contribution in [0.1, 0.15) is 25.3 Å². The zero-order chi connectivity index (χ0) is 21.9. The Kier molecular flexibility index (Phi) is 7.29. The number of halogens is 2. The summed E-state index contributed by atoms with van der Waals surface area (Å²) in [7, 11) is -3.72. The molecule has 1 N–H and O–H groups in total. The molecule has 2 aromatic rings. The van der Waals surface area contributed by atoms with Crippen molar-refractivity contribution < 1.29 is 17.9 Å². The maximum absolute atomic E-state index is 13.1. The number of hydrogen-bond donors (Lipinski definition) is 1. The second kappa shape index (κ2) is 9.56. The van der Waals surface area contributed by atoms with Gasteiger partial charge in [-0.25, -0.2) is 8.42 Å². The van der Waals surface area contributed by atoms with Gasteiger partial charge in [0.05, 0.1) is 33.2 Å². The highest BCUT2D eigenvalue weighted by atomic mass is 35.5. The van der Waals surface area contributed by atoms with Crippen molar-refractivity contribution in [1.29, 1.82) is 0 Å². The van der Waals surface area contributed by atoms with Crippen LogP contribution in [0.4, 0.5) is 5.69 Å². The number of piperidine rings is 1. The van der Waals surface area contributed by atoms with Crippen molar-refractivity contribution in [1.82, 2.24) is 4.31 Å². The molecule has 1 amide bonds. The minimum Gasteiger partial charge on any atom is -0.494 e. The molecule has 1 fully saturated rings. The topological polar surface area (TPSA) is 75.7 Å². The number of nitrogens with one attached hydrogen (secondary N) is 1. The third-order valence-electron chi connectivity index (χ3n) is 5.05. The Morgan fingerprint density at radius 2 is 2.03 bits per heavy atom. The van der Waals surface area contributed by atoms with E-state index in [0.29, 0.717) is 42.5 Å². The summed E-state index contributed by atoms with van der Waals surface area (Å²) < 4.78 is 33.2. The van der Waals surface area contributed by atoms with Crippen LogP contribution in [0.3, 0.4) is 0 Å². The van der Waals surface area contributed by atoms with Crippen LogP contribution < -0.4 is 10.1 Å². The molecule has 1 aliphatic heterocycles. The molecule has 0 spiro atoms. The van der Waals surface area contributed by atoms with Crippen LogP contribution in [0.2, 0.25) is 10.0 Å². The monoisotopic (exact) mass is 470 g/mol. The number of anilines is 1. The highest BCUT2D eigenvalue weighted by molar-refractivity contribution is 7.89. The second-order valence-electron chi connectivity index (χ2n) is 7.15. The molecule has 0 aliphatic carbocycles. The van der Waals surface area contributed by atoms with E-state index in [0.717, 1.165) is 5.56 Å². The van der Waals surface area contributed by atoms with Crippen molar-refractivity contribution in [3.05, 3.63) is 52.0 Å². The van der Waals surface area contributed by atoms with E-state index in [1.165, 1.54) is 4.31 Å². The highest BCUT2D eigenvalue weighted by Gasteiger charge is 2.33. The molecule has 30 heavy (non-hydrogen) atoms. The third-order valence-corrected chi connectivity index (χ3v) is 7.73. The summed E-state index contributed by atoms with van der Waals surface area (Å²) in [6.07, 6.45) is 1.19. The molecule has 1 atom stereocenters. The van der Waals surface area contributed by atoms with Gasteiger partial charge in [-0.05, 0) is 62.6 Å². The van der Waals surface area contributed by atoms with E-state index in [9.17, 15) is 13.2 Å². The summed E-state index contributed by atoms with van der Waals surface area (Å²) in [6.45, 7) is 4.67. The number of ether oxygens (including phenoxy) is 1. The number of aryl methyl sites for hydroxylation is 1. The molecule has 1 saturated heterocycles. The molecule has 1 heterocycles. The number of benzene rings is 2. The van der Waals surface area contributed by atoms with Crippen LogP contribution in [0, 0.1) is 12.8 Å². The lowest BCUT2D eigenvalue weighted by molar-refractivity contribution is -0.120. The van der Waals surface area contributed by atoms with Crippen molar-refractivity contribution in [2.75, 3.05) is 25.0 Å². The van der Waals surface area contributed by atoms with Gasteiger partial charge in [0, 0.05) is 13.1 Å². The molecule has 0 saturated carbocycles. The normalized spacial score (nSPS) is 17.5. The Hall–Kier alpha value is -1.80. The lowest BCUT2D eigenvalue weighted by atomic mass is 9.99. The molecule has 2 aromatic carbocycles. The Bertz CT molecular complexity index is 1040. The predicted molar refractivity (Wildman–Crippen MR) is 119 cm³/mol. The van der Waals surface area contributed by atoms with Crippen molar-refractivity contribution in [2.45, 2.75) is 31.6 Å². The number of rotatable bonds is 6. The molecule has 9 heteroatoms. The van der Waals surface area contributed by atoms with Gasteiger partial charge in [0.25, 0.3) is 0 Å². The number of hydrogen-bond acceptors (Lipinski definition) is 4. The fourth-order valence-electron chi connectivity index (χ4n) is 3.46. The molecule has 0 aromatic heterocycles. The molecule has 0 radical (unpaired) electrons. The van der Waals surface area contributed by atoms with E-state index in [1.807, 2.05) is 13.8 Å². The molecule has 162 valence electrons. The molecule has 3 rings (SSSR count). The molecule has 0 unspecified atom stereocenters. The van der Waals surface area contributed by atoms with E-state index in [1.54, 1.807) is 36.4 Å². The van der Waals surface area contributed by atoms with Gasteiger partial charge in [0.2, 0.25) is 15.9 Å². The zero-order valence-corrected chi connectivity index (χ0v) is 19.1. The van der Waals surface area contributed by atoms with Crippen LogP contribution in [-0.2, 0) is 14.8 Å². The summed E-state index contributed by atoms with van der Waals surface area (Å²) >= 11 is 12.1.